The molecule has 1 saturated carbocycles. The second-order valence-corrected chi connectivity index (χ2v) is 8.28. The number of hydroxylamine groups is 2. The molecule has 33 heavy (non-hydrogen) atoms. The molecule has 2 aromatic carbocycles. The molecular weight excluding hydrogens is 435 g/mol. The van der Waals surface area contributed by atoms with Crippen molar-refractivity contribution < 1.29 is 27.5 Å². The molecular formula is C24H26F3N3O3. The van der Waals surface area contributed by atoms with Gasteiger partial charge in [0.15, 0.2) is 0 Å². The molecule has 0 bridgehead atoms. The van der Waals surface area contributed by atoms with Gasteiger partial charge in [-0.3, -0.25) is 0 Å². The maximum Gasteiger partial charge on any atom is 0.492 e. The van der Waals surface area contributed by atoms with Crippen LogP contribution in [-0.2, 0) is 9.63 Å². The smallest absolute Gasteiger partial charge is 0.492 e. The van der Waals surface area contributed by atoms with Crippen molar-refractivity contribution in [1.82, 2.24) is 15.0 Å². The molecule has 1 aliphatic carbocycles. The largest absolute Gasteiger partial charge is 0.492 e. The molecule has 1 heterocycles. The van der Waals surface area contributed by atoms with Gasteiger partial charge in [-0.1, -0.05) is 37.5 Å². The average molecular weight is 461 g/mol. The Labute approximate surface area is 189 Å². The van der Waals surface area contributed by atoms with E-state index in [1.807, 2.05) is 30.3 Å². The Balaban J connectivity index is 1.33. The molecule has 3 aromatic rings. The van der Waals surface area contributed by atoms with Crippen LogP contribution in [0.25, 0.3) is 22.2 Å². The van der Waals surface area contributed by atoms with E-state index in [1.54, 1.807) is 18.5 Å². The number of alkyl halides is 3. The van der Waals surface area contributed by atoms with Gasteiger partial charge in [-0.2, -0.15) is 13.2 Å². The lowest BCUT2D eigenvalue weighted by Gasteiger charge is -2.28. The summed E-state index contributed by atoms with van der Waals surface area (Å²) >= 11 is 0. The predicted octanol–water partition coefficient (Wildman–Crippen LogP) is 5.51. The average Bonchev–Trinajstić information content (AvgIpc) is 3.27. The maximum atomic E-state index is 12.7. The lowest BCUT2D eigenvalue weighted by Crippen LogP contribution is -2.39. The highest BCUT2D eigenvalue weighted by molar-refractivity contribution is 5.81. The molecule has 0 spiro atoms. The lowest BCUT2D eigenvalue weighted by atomic mass is 9.89. The predicted molar refractivity (Wildman–Crippen MR) is 117 cm³/mol. The third-order valence-corrected chi connectivity index (χ3v) is 5.85. The Morgan fingerprint density at radius 1 is 1.06 bits per heavy atom. The standard InChI is InChI=1S/C24H26F3N3O3/c25-24(26,27)23(31)33-30(15-17-4-2-1-3-5-17)12-13-32-20-9-6-18(7-10-20)19-8-11-21-22(14-19)29-16-28-21/h6-11,14,16-17H,1-5,12-13,15H2,(H,28,29). The normalized spacial score (nSPS) is 15.2. The summed E-state index contributed by atoms with van der Waals surface area (Å²) in [6.45, 7) is 0.425. The fourth-order valence-corrected chi connectivity index (χ4v) is 4.12. The van der Waals surface area contributed by atoms with Crippen LogP contribution in [0.2, 0.25) is 0 Å². The van der Waals surface area contributed by atoms with E-state index in [-0.39, 0.29) is 25.6 Å². The number of nitrogens with one attached hydrogen (secondary N) is 1. The van der Waals surface area contributed by atoms with Gasteiger partial charge in [-0.15, -0.1) is 5.06 Å². The van der Waals surface area contributed by atoms with Crippen molar-refractivity contribution in [2.24, 2.45) is 5.92 Å². The summed E-state index contributed by atoms with van der Waals surface area (Å²) in [5.41, 5.74) is 3.86. The van der Waals surface area contributed by atoms with Crippen molar-refractivity contribution in [2.75, 3.05) is 19.7 Å². The Hall–Kier alpha value is -3.07. The number of aromatic amines is 1. The Morgan fingerprint density at radius 2 is 1.79 bits per heavy atom. The number of hydrogen-bond acceptors (Lipinski definition) is 5. The Morgan fingerprint density at radius 3 is 2.52 bits per heavy atom. The summed E-state index contributed by atoms with van der Waals surface area (Å²) in [6, 6.07) is 13.4. The minimum absolute atomic E-state index is 0.0521. The molecule has 1 N–H and O–H groups in total. The zero-order valence-corrected chi connectivity index (χ0v) is 18.1. The molecule has 0 unspecified atom stereocenters. The lowest BCUT2D eigenvalue weighted by molar-refractivity contribution is -0.241. The van der Waals surface area contributed by atoms with E-state index in [0.29, 0.717) is 5.75 Å². The van der Waals surface area contributed by atoms with Crippen molar-refractivity contribution in [3.8, 4) is 16.9 Å². The van der Waals surface area contributed by atoms with E-state index < -0.39 is 12.1 Å². The molecule has 0 saturated heterocycles. The summed E-state index contributed by atoms with van der Waals surface area (Å²) in [7, 11) is 0. The Kier molecular flexibility index (Phi) is 7.17. The van der Waals surface area contributed by atoms with E-state index in [4.69, 9.17) is 4.74 Å². The third-order valence-electron chi connectivity index (χ3n) is 5.85. The monoisotopic (exact) mass is 461 g/mol. The van der Waals surface area contributed by atoms with Crippen LogP contribution in [0.5, 0.6) is 5.75 Å². The molecule has 1 aliphatic rings. The number of fused-ring (bicyclic) bond motifs is 1. The van der Waals surface area contributed by atoms with Crippen molar-refractivity contribution in [3.63, 3.8) is 0 Å². The van der Waals surface area contributed by atoms with Gasteiger partial charge in [-0.25, -0.2) is 9.78 Å². The van der Waals surface area contributed by atoms with E-state index in [0.717, 1.165) is 59.3 Å². The van der Waals surface area contributed by atoms with Gasteiger partial charge in [0.1, 0.15) is 12.4 Å². The van der Waals surface area contributed by atoms with Crippen LogP contribution in [0.15, 0.2) is 48.8 Å². The second kappa shape index (κ2) is 10.2. The van der Waals surface area contributed by atoms with Crippen LogP contribution < -0.4 is 4.74 Å². The minimum atomic E-state index is -5.03. The van der Waals surface area contributed by atoms with Crippen LogP contribution in [0.3, 0.4) is 0 Å². The number of rotatable bonds is 8. The minimum Gasteiger partial charge on any atom is -0.492 e. The fourth-order valence-electron chi connectivity index (χ4n) is 4.12. The van der Waals surface area contributed by atoms with Crippen LogP contribution >= 0.6 is 0 Å². The molecule has 1 fully saturated rings. The van der Waals surface area contributed by atoms with Gasteiger partial charge in [0.2, 0.25) is 0 Å². The quantitative estimate of drug-likeness (QED) is 0.448. The second-order valence-electron chi connectivity index (χ2n) is 8.28. The topological polar surface area (TPSA) is 67.4 Å². The number of carbonyl (C=O) groups is 1. The molecule has 0 radical (unpaired) electrons. The van der Waals surface area contributed by atoms with E-state index >= 15 is 0 Å². The molecule has 0 aliphatic heterocycles. The number of hydrogen-bond donors (Lipinski definition) is 1. The first-order chi connectivity index (χ1) is 15.9. The molecule has 176 valence electrons. The number of benzene rings is 2. The van der Waals surface area contributed by atoms with Crippen LogP contribution in [0.1, 0.15) is 32.1 Å². The SMILES string of the molecule is O=C(ON(CCOc1ccc(-c2ccc3nc[nH]c3c2)cc1)CC1CCCCC1)C(F)(F)F. The number of nitrogens with zero attached hydrogens (tertiary/aromatic N) is 2. The van der Waals surface area contributed by atoms with Crippen molar-refractivity contribution in [2.45, 2.75) is 38.3 Å². The number of aromatic nitrogens is 2. The number of H-pyrrole nitrogens is 1. The first-order valence-electron chi connectivity index (χ1n) is 11.1. The van der Waals surface area contributed by atoms with Crippen molar-refractivity contribution in [1.29, 1.82) is 0 Å². The van der Waals surface area contributed by atoms with Gasteiger partial charge in [0, 0.05) is 6.54 Å². The number of imidazole rings is 1. The van der Waals surface area contributed by atoms with Gasteiger partial charge in [-0.05, 0) is 54.2 Å². The molecule has 1 aromatic heterocycles. The van der Waals surface area contributed by atoms with Gasteiger partial charge in [0.25, 0.3) is 0 Å². The highest BCUT2D eigenvalue weighted by Gasteiger charge is 2.42. The zero-order chi connectivity index (χ0) is 23.3. The molecule has 9 heteroatoms. The molecule has 0 amide bonds. The van der Waals surface area contributed by atoms with Crippen LogP contribution in [-0.4, -0.2) is 46.9 Å². The maximum absolute atomic E-state index is 12.7. The van der Waals surface area contributed by atoms with Gasteiger partial charge in [0.05, 0.1) is 23.9 Å². The summed E-state index contributed by atoms with van der Waals surface area (Å²) in [6.07, 6.45) is 1.69. The van der Waals surface area contributed by atoms with Crippen molar-refractivity contribution in [3.05, 3.63) is 48.8 Å². The molecule has 0 atom stereocenters. The van der Waals surface area contributed by atoms with Crippen molar-refractivity contribution >= 4 is 17.0 Å². The number of halogens is 3. The highest BCUT2D eigenvalue weighted by atomic mass is 19.4. The number of carbonyl (C=O) groups excluding carboxylic acids is 1. The Bertz CT molecular complexity index is 1060. The summed E-state index contributed by atoms with van der Waals surface area (Å²) < 4.78 is 43.8. The summed E-state index contributed by atoms with van der Waals surface area (Å²) in [4.78, 5) is 23.3. The van der Waals surface area contributed by atoms with Gasteiger partial charge >= 0.3 is 12.1 Å². The molecule has 6 nitrogen and oxygen atoms in total. The zero-order valence-electron chi connectivity index (χ0n) is 18.1. The summed E-state index contributed by atoms with van der Waals surface area (Å²) in [5.74, 6) is -1.40. The number of ether oxygens (including phenoxy) is 1. The fraction of sp³-hybridized carbons (Fsp3) is 0.417. The van der Waals surface area contributed by atoms with E-state index in [2.05, 4.69) is 14.8 Å². The summed E-state index contributed by atoms with van der Waals surface area (Å²) in [5, 5.41) is 1.10. The third kappa shape index (κ3) is 6.25. The first kappa shape index (κ1) is 23.1. The first-order valence-corrected chi connectivity index (χ1v) is 11.1. The molecule has 4 rings (SSSR count). The van der Waals surface area contributed by atoms with E-state index in [1.165, 1.54) is 0 Å². The highest BCUT2D eigenvalue weighted by Crippen LogP contribution is 2.27. The van der Waals surface area contributed by atoms with Crippen LogP contribution in [0, 0.1) is 5.92 Å². The van der Waals surface area contributed by atoms with Crippen LogP contribution in [0.4, 0.5) is 13.2 Å². The van der Waals surface area contributed by atoms with Gasteiger partial charge < -0.3 is 14.6 Å². The van der Waals surface area contributed by atoms with E-state index in [9.17, 15) is 18.0 Å².